The molecule has 0 saturated heterocycles. The van der Waals surface area contributed by atoms with Gasteiger partial charge in [0, 0.05) is 13.2 Å². The fraction of sp³-hybridized carbons (Fsp3) is 0.200. The van der Waals surface area contributed by atoms with Crippen molar-refractivity contribution in [3.8, 4) is 5.75 Å². The second-order valence-corrected chi connectivity index (χ2v) is 2.96. The fourth-order valence-corrected chi connectivity index (χ4v) is 1.11. The van der Waals surface area contributed by atoms with Crippen LogP contribution >= 0.6 is 0 Å². The second-order valence-electron chi connectivity index (χ2n) is 2.96. The van der Waals surface area contributed by atoms with Crippen molar-refractivity contribution >= 4 is 0 Å². The average Bonchev–Trinajstić information content (AvgIpc) is 2.63. The molecule has 0 aliphatic carbocycles. The third-order valence-corrected chi connectivity index (χ3v) is 1.79. The molecule has 0 atom stereocenters. The normalized spacial score (nSPS) is 10.1. The van der Waals surface area contributed by atoms with Gasteiger partial charge in [0.15, 0.2) is 5.75 Å². The molecule has 0 aliphatic rings. The van der Waals surface area contributed by atoms with Crippen LogP contribution in [0.5, 0.6) is 5.75 Å². The van der Waals surface area contributed by atoms with Crippen molar-refractivity contribution in [2.45, 2.75) is 6.61 Å². The van der Waals surface area contributed by atoms with Gasteiger partial charge in [0.25, 0.3) is 0 Å². The van der Waals surface area contributed by atoms with Gasteiger partial charge in [0.1, 0.15) is 6.61 Å². The van der Waals surface area contributed by atoms with Gasteiger partial charge in [-0.2, -0.15) is 5.10 Å². The summed E-state index contributed by atoms with van der Waals surface area (Å²) in [5.41, 5.74) is 0.913. The summed E-state index contributed by atoms with van der Waals surface area (Å²) in [4.78, 5) is 4.15. The van der Waals surface area contributed by atoms with Crippen molar-refractivity contribution < 1.29 is 4.74 Å². The maximum atomic E-state index is 5.47. The van der Waals surface area contributed by atoms with Gasteiger partial charge in [-0.05, 0) is 12.1 Å². The van der Waals surface area contributed by atoms with Crippen molar-refractivity contribution in [1.29, 1.82) is 0 Å². The topological polar surface area (TPSA) is 39.9 Å². The molecule has 72 valence electrons. The van der Waals surface area contributed by atoms with Crippen molar-refractivity contribution in [3.05, 3.63) is 42.5 Å². The molecule has 0 bridgehead atoms. The molecule has 0 fully saturated rings. The van der Waals surface area contributed by atoms with Crippen LogP contribution in [0.3, 0.4) is 0 Å². The Hall–Kier alpha value is -1.84. The molecule has 4 nitrogen and oxygen atoms in total. The van der Waals surface area contributed by atoms with Gasteiger partial charge in [0.05, 0.1) is 18.1 Å². The average molecular weight is 189 g/mol. The van der Waals surface area contributed by atoms with E-state index in [1.165, 1.54) is 0 Å². The monoisotopic (exact) mass is 189 g/mol. The molecule has 2 heterocycles. The summed E-state index contributed by atoms with van der Waals surface area (Å²) < 4.78 is 7.17. The zero-order chi connectivity index (χ0) is 9.80. The second kappa shape index (κ2) is 3.91. The van der Waals surface area contributed by atoms with Crippen LogP contribution < -0.4 is 4.74 Å². The molecule has 0 unspecified atom stereocenters. The van der Waals surface area contributed by atoms with Crippen LogP contribution in [-0.4, -0.2) is 14.8 Å². The van der Waals surface area contributed by atoms with Crippen LogP contribution in [0, 0.1) is 0 Å². The van der Waals surface area contributed by atoms with Crippen LogP contribution in [-0.2, 0) is 13.7 Å². The first kappa shape index (κ1) is 8.74. The van der Waals surface area contributed by atoms with Crippen LogP contribution in [0.2, 0.25) is 0 Å². The Labute approximate surface area is 82.2 Å². The minimum Gasteiger partial charge on any atom is -0.484 e. The highest BCUT2D eigenvalue weighted by atomic mass is 16.5. The maximum Gasteiger partial charge on any atom is 0.157 e. The van der Waals surface area contributed by atoms with E-state index < -0.39 is 0 Å². The summed E-state index contributed by atoms with van der Waals surface area (Å²) in [6.45, 7) is 0.479. The van der Waals surface area contributed by atoms with Gasteiger partial charge < -0.3 is 4.74 Å². The summed E-state index contributed by atoms with van der Waals surface area (Å²) in [6.07, 6.45) is 5.26. The first-order valence-corrected chi connectivity index (χ1v) is 4.36. The highest BCUT2D eigenvalue weighted by Crippen LogP contribution is 2.08. The number of aryl methyl sites for hydroxylation is 1. The number of hydrogen-bond acceptors (Lipinski definition) is 3. The lowest BCUT2D eigenvalue weighted by Gasteiger charge is -2.01. The molecule has 4 heteroatoms. The van der Waals surface area contributed by atoms with E-state index in [2.05, 4.69) is 10.1 Å². The number of hydrogen-bond donors (Lipinski definition) is 0. The highest BCUT2D eigenvalue weighted by Gasteiger charge is 1.97. The van der Waals surface area contributed by atoms with Crippen molar-refractivity contribution in [1.82, 2.24) is 14.8 Å². The van der Waals surface area contributed by atoms with E-state index in [0.29, 0.717) is 6.61 Å². The van der Waals surface area contributed by atoms with Gasteiger partial charge >= 0.3 is 0 Å². The first-order valence-electron chi connectivity index (χ1n) is 4.36. The minimum absolute atomic E-state index is 0.479. The molecule has 14 heavy (non-hydrogen) atoms. The van der Waals surface area contributed by atoms with Gasteiger partial charge in [0.2, 0.25) is 0 Å². The van der Waals surface area contributed by atoms with Crippen LogP contribution in [0.1, 0.15) is 5.69 Å². The molecule has 0 aliphatic heterocycles. The lowest BCUT2D eigenvalue weighted by atomic mass is 10.4. The van der Waals surface area contributed by atoms with E-state index in [9.17, 15) is 0 Å². The Balaban J connectivity index is 1.95. The predicted octanol–water partition coefficient (Wildman–Crippen LogP) is 1.39. The molecule has 0 spiro atoms. The van der Waals surface area contributed by atoms with Gasteiger partial charge in [-0.25, -0.2) is 0 Å². The van der Waals surface area contributed by atoms with E-state index >= 15 is 0 Å². The fourth-order valence-electron chi connectivity index (χ4n) is 1.11. The summed E-state index contributed by atoms with van der Waals surface area (Å²) in [5, 5.41) is 4.00. The summed E-state index contributed by atoms with van der Waals surface area (Å²) in [7, 11) is 1.85. The van der Waals surface area contributed by atoms with Crippen molar-refractivity contribution in [3.63, 3.8) is 0 Å². The van der Waals surface area contributed by atoms with E-state index in [-0.39, 0.29) is 0 Å². The molecule has 0 saturated carbocycles. The van der Waals surface area contributed by atoms with Crippen molar-refractivity contribution in [2.75, 3.05) is 0 Å². The van der Waals surface area contributed by atoms with E-state index in [0.717, 1.165) is 11.4 Å². The first-order chi connectivity index (χ1) is 6.84. The highest BCUT2D eigenvalue weighted by molar-refractivity contribution is 5.12. The quantitative estimate of drug-likeness (QED) is 0.732. The van der Waals surface area contributed by atoms with Gasteiger partial charge in [-0.1, -0.05) is 6.07 Å². The Morgan fingerprint density at radius 2 is 2.36 bits per heavy atom. The molecule has 0 amide bonds. The standard InChI is InChI=1S/C10H11N3O/c1-13-7-10(6-12-13)14-8-9-4-2-3-5-11-9/h2-7H,8H2,1H3. The molecular formula is C10H11N3O. The predicted molar refractivity (Wildman–Crippen MR) is 51.8 cm³/mol. The van der Waals surface area contributed by atoms with Crippen LogP contribution in [0.25, 0.3) is 0 Å². The Kier molecular flexibility index (Phi) is 2.44. The smallest absolute Gasteiger partial charge is 0.157 e. The number of ether oxygens (including phenoxy) is 1. The SMILES string of the molecule is Cn1cc(OCc2ccccn2)cn1. The Morgan fingerprint density at radius 3 is 3.00 bits per heavy atom. The van der Waals surface area contributed by atoms with Crippen LogP contribution in [0.4, 0.5) is 0 Å². The largest absolute Gasteiger partial charge is 0.484 e. The third kappa shape index (κ3) is 2.10. The summed E-state index contributed by atoms with van der Waals surface area (Å²) >= 11 is 0. The van der Waals surface area contributed by atoms with Crippen LogP contribution in [0.15, 0.2) is 36.8 Å². The molecule has 0 N–H and O–H groups in total. The summed E-state index contributed by atoms with van der Waals surface area (Å²) in [6, 6.07) is 5.75. The third-order valence-electron chi connectivity index (χ3n) is 1.79. The zero-order valence-electron chi connectivity index (χ0n) is 7.92. The van der Waals surface area contributed by atoms with E-state index in [4.69, 9.17) is 4.74 Å². The molecule has 2 rings (SSSR count). The van der Waals surface area contributed by atoms with Gasteiger partial charge in [-0.3, -0.25) is 9.67 Å². The Morgan fingerprint density at radius 1 is 1.43 bits per heavy atom. The number of pyridine rings is 1. The van der Waals surface area contributed by atoms with E-state index in [1.54, 1.807) is 17.1 Å². The Bertz CT molecular complexity index is 397. The van der Waals surface area contributed by atoms with E-state index in [1.807, 2.05) is 31.4 Å². The van der Waals surface area contributed by atoms with Crippen molar-refractivity contribution in [2.24, 2.45) is 7.05 Å². The maximum absolute atomic E-state index is 5.47. The lowest BCUT2D eigenvalue weighted by molar-refractivity contribution is 0.301. The van der Waals surface area contributed by atoms with Gasteiger partial charge in [-0.15, -0.1) is 0 Å². The molecule has 0 aromatic carbocycles. The molecular weight excluding hydrogens is 178 g/mol. The molecule has 0 radical (unpaired) electrons. The lowest BCUT2D eigenvalue weighted by Crippen LogP contribution is -1.96. The number of rotatable bonds is 3. The minimum atomic E-state index is 0.479. The number of aromatic nitrogens is 3. The molecule has 2 aromatic rings. The summed E-state index contributed by atoms with van der Waals surface area (Å²) in [5.74, 6) is 0.762. The molecule has 2 aromatic heterocycles. The number of nitrogens with zero attached hydrogens (tertiary/aromatic N) is 3. The zero-order valence-corrected chi connectivity index (χ0v) is 7.92.